The number of hydrogen-bond acceptors (Lipinski definition) is 7. The molecule has 1 amide bonds. The third-order valence-corrected chi connectivity index (χ3v) is 6.71. The van der Waals surface area contributed by atoms with Crippen molar-refractivity contribution in [2.24, 2.45) is 0 Å². The van der Waals surface area contributed by atoms with Gasteiger partial charge in [-0.25, -0.2) is 4.98 Å². The normalized spacial score (nSPS) is 10.9. The van der Waals surface area contributed by atoms with Crippen molar-refractivity contribution in [1.29, 1.82) is 0 Å². The molecule has 0 aliphatic heterocycles. The maximum Gasteiger partial charge on any atom is 0.231 e. The standard InChI is InChI=1S/C22H22N6OS2/c1-14-8-9-18(10-16(14)3)28-22(25-26-27-28)31-13-17-12-30-21(23-17)11-20(29)24-19-7-5-4-6-15(19)2/h4-10,12H,11,13H2,1-3H3,(H,24,29). The average Bonchev–Trinajstić information content (AvgIpc) is 3.39. The molecule has 2 aromatic carbocycles. The number of para-hydroxylation sites is 1. The topological polar surface area (TPSA) is 85.6 Å². The van der Waals surface area contributed by atoms with E-state index in [0.29, 0.717) is 10.9 Å². The zero-order valence-electron chi connectivity index (χ0n) is 17.5. The van der Waals surface area contributed by atoms with Gasteiger partial charge in [0.25, 0.3) is 0 Å². The Kier molecular flexibility index (Phi) is 6.43. The number of thioether (sulfide) groups is 1. The average molecular weight is 451 g/mol. The number of benzene rings is 2. The summed E-state index contributed by atoms with van der Waals surface area (Å²) in [6, 6.07) is 13.9. The molecule has 0 spiro atoms. The lowest BCUT2D eigenvalue weighted by molar-refractivity contribution is -0.115. The first-order valence-electron chi connectivity index (χ1n) is 9.77. The summed E-state index contributed by atoms with van der Waals surface area (Å²) in [5.74, 6) is 0.558. The number of carbonyl (C=O) groups is 1. The van der Waals surface area contributed by atoms with E-state index in [1.54, 1.807) is 4.68 Å². The minimum absolute atomic E-state index is 0.0680. The van der Waals surface area contributed by atoms with Crippen LogP contribution in [0.4, 0.5) is 5.69 Å². The molecule has 0 atom stereocenters. The Balaban J connectivity index is 1.37. The molecule has 0 bridgehead atoms. The first-order valence-corrected chi connectivity index (χ1v) is 11.6. The molecular formula is C22H22N6OS2. The van der Waals surface area contributed by atoms with Gasteiger partial charge in [-0.3, -0.25) is 4.79 Å². The summed E-state index contributed by atoms with van der Waals surface area (Å²) in [6.07, 6.45) is 0.254. The third kappa shape index (κ3) is 5.18. The van der Waals surface area contributed by atoms with Crippen LogP contribution in [0.15, 0.2) is 53.0 Å². The predicted molar refractivity (Wildman–Crippen MR) is 124 cm³/mol. The van der Waals surface area contributed by atoms with E-state index in [0.717, 1.165) is 27.6 Å². The van der Waals surface area contributed by atoms with Gasteiger partial charge in [-0.2, -0.15) is 4.68 Å². The highest BCUT2D eigenvalue weighted by Gasteiger charge is 2.13. The highest BCUT2D eigenvalue weighted by atomic mass is 32.2. The zero-order valence-corrected chi connectivity index (χ0v) is 19.1. The molecule has 0 aliphatic carbocycles. The van der Waals surface area contributed by atoms with Crippen LogP contribution in [0.25, 0.3) is 5.69 Å². The van der Waals surface area contributed by atoms with E-state index in [-0.39, 0.29) is 12.3 Å². The number of hydrogen-bond donors (Lipinski definition) is 1. The quantitative estimate of drug-likeness (QED) is 0.417. The number of aromatic nitrogens is 5. The molecule has 4 aromatic rings. The fraction of sp³-hybridized carbons (Fsp3) is 0.227. The minimum Gasteiger partial charge on any atom is -0.325 e. The van der Waals surface area contributed by atoms with Crippen LogP contribution in [0.3, 0.4) is 0 Å². The third-order valence-electron chi connectivity index (χ3n) is 4.86. The van der Waals surface area contributed by atoms with Crippen LogP contribution in [0.2, 0.25) is 0 Å². The van der Waals surface area contributed by atoms with Crippen molar-refractivity contribution in [2.75, 3.05) is 5.32 Å². The first-order chi connectivity index (χ1) is 15.0. The van der Waals surface area contributed by atoms with E-state index < -0.39 is 0 Å². The molecule has 2 heterocycles. The number of anilines is 1. The van der Waals surface area contributed by atoms with Gasteiger partial charge in [0.05, 0.1) is 17.8 Å². The molecule has 158 valence electrons. The van der Waals surface area contributed by atoms with Crippen molar-refractivity contribution in [1.82, 2.24) is 25.2 Å². The molecule has 31 heavy (non-hydrogen) atoms. The molecule has 0 radical (unpaired) electrons. The van der Waals surface area contributed by atoms with Crippen LogP contribution in [-0.2, 0) is 17.0 Å². The van der Waals surface area contributed by atoms with Crippen molar-refractivity contribution in [3.05, 3.63) is 75.2 Å². The molecule has 0 saturated heterocycles. The second-order valence-electron chi connectivity index (χ2n) is 7.20. The number of nitrogens with one attached hydrogen (secondary N) is 1. The maximum atomic E-state index is 12.4. The number of carbonyl (C=O) groups excluding carboxylic acids is 1. The fourth-order valence-corrected chi connectivity index (χ4v) is 4.65. The van der Waals surface area contributed by atoms with Crippen molar-refractivity contribution < 1.29 is 4.79 Å². The van der Waals surface area contributed by atoms with Crippen molar-refractivity contribution in [3.8, 4) is 5.69 Å². The van der Waals surface area contributed by atoms with E-state index >= 15 is 0 Å². The highest BCUT2D eigenvalue weighted by Crippen LogP contribution is 2.24. The summed E-state index contributed by atoms with van der Waals surface area (Å²) in [7, 11) is 0. The Bertz CT molecular complexity index is 1220. The molecule has 2 aromatic heterocycles. The zero-order chi connectivity index (χ0) is 21.8. The number of rotatable bonds is 7. The van der Waals surface area contributed by atoms with Crippen LogP contribution in [0, 0.1) is 20.8 Å². The van der Waals surface area contributed by atoms with E-state index in [9.17, 15) is 4.79 Å². The lowest BCUT2D eigenvalue weighted by Crippen LogP contribution is -2.15. The second kappa shape index (κ2) is 9.40. The van der Waals surface area contributed by atoms with Crippen molar-refractivity contribution in [3.63, 3.8) is 0 Å². The summed E-state index contributed by atoms with van der Waals surface area (Å²) in [5, 5.41) is 18.5. The molecule has 7 nitrogen and oxygen atoms in total. The highest BCUT2D eigenvalue weighted by molar-refractivity contribution is 7.98. The molecule has 0 unspecified atom stereocenters. The van der Waals surface area contributed by atoms with Gasteiger partial charge in [0.15, 0.2) is 0 Å². The summed E-state index contributed by atoms with van der Waals surface area (Å²) in [5.41, 5.74) is 6.13. The molecule has 0 aliphatic rings. The van der Waals surface area contributed by atoms with Crippen LogP contribution >= 0.6 is 23.1 Å². The lowest BCUT2D eigenvalue weighted by atomic mass is 10.1. The predicted octanol–water partition coefficient (Wildman–Crippen LogP) is 4.52. The van der Waals surface area contributed by atoms with Gasteiger partial charge in [0, 0.05) is 16.8 Å². The van der Waals surface area contributed by atoms with Crippen LogP contribution in [0.1, 0.15) is 27.4 Å². The molecular weight excluding hydrogens is 428 g/mol. The lowest BCUT2D eigenvalue weighted by Gasteiger charge is -2.07. The van der Waals surface area contributed by atoms with Gasteiger partial charge in [0.2, 0.25) is 11.1 Å². The molecule has 1 N–H and O–H groups in total. The second-order valence-corrected chi connectivity index (χ2v) is 9.09. The first kappa shape index (κ1) is 21.2. The minimum atomic E-state index is -0.0680. The summed E-state index contributed by atoms with van der Waals surface area (Å²) in [4.78, 5) is 17.0. The Labute approximate surface area is 188 Å². The maximum absolute atomic E-state index is 12.4. The van der Waals surface area contributed by atoms with Gasteiger partial charge in [-0.15, -0.1) is 16.4 Å². The summed E-state index contributed by atoms with van der Waals surface area (Å²) in [6.45, 7) is 6.12. The number of nitrogens with zero attached hydrogens (tertiary/aromatic N) is 5. The Morgan fingerprint density at radius 1 is 1.10 bits per heavy atom. The SMILES string of the molecule is Cc1ccc(-n2nnnc2SCc2csc(CC(=O)Nc3ccccc3C)n2)cc1C. The Hall–Kier alpha value is -3.04. The molecule has 9 heteroatoms. The van der Waals surface area contributed by atoms with Crippen molar-refractivity contribution >= 4 is 34.7 Å². The largest absolute Gasteiger partial charge is 0.325 e. The number of aryl methyl sites for hydroxylation is 3. The van der Waals surface area contributed by atoms with Crippen LogP contribution < -0.4 is 5.32 Å². The van der Waals surface area contributed by atoms with Gasteiger partial charge < -0.3 is 5.32 Å². The summed E-state index contributed by atoms with van der Waals surface area (Å²) < 4.78 is 1.74. The molecule has 0 fully saturated rings. The Morgan fingerprint density at radius 2 is 1.94 bits per heavy atom. The summed E-state index contributed by atoms with van der Waals surface area (Å²) >= 11 is 3.01. The van der Waals surface area contributed by atoms with Gasteiger partial charge >= 0.3 is 0 Å². The van der Waals surface area contributed by atoms with E-state index in [1.807, 2.05) is 42.6 Å². The van der Waals surface area contributed by atoms with E-state index in [1.165, 1.54) is 34.2 Å². The van der Waals surface area contributed by atoms with Crippen LogP contribution in [0.5, 0.6) is 0 Å². The van der Waals surface area contributed by atoms with E-state index in [2.05, 4.69) is 51.8 Å². The number of tetrazole rings is 1. The fourth-order valence-electron chi connectivity index (χ4n) is 2.97. The van der Waals surface area contributed by atoms with Crippen molar-refractivity contribution in [2.45, 2.75) is 38.1 Å². The number of thiazole rings is 1. The van der Waals surface area contributed by atoms with E-state index in [4.69, 9.17) is 0 Å². The smallest absolute Gasteiger partial charge is 0.231 e. The van der Waals surface area contributed by atoms with Gasteiger partial charge in [-0.05, 0) is 66.1 Å². The Morgan fingerprint density at radius 3 is 2.74 bits per heavy atom. The molecule has 0 saturated carbocycles. The molecule has 4 rings (SSSR count). The van der Waals surface area contributed by atoms with Gasteiger partial charge in [0.1, 0.15) is 5.01 Å². The monoisotopic (exact) mass is 450 g/mol. The number of amides is 1. The van der Waals surface area contributed by atoms with Crippen LogP contribution in [-0.4, -0.2) is 31.1 Å². The van der Waals surface area contributed by atoms with Gasteiger partial charge in [-0.1, -0.05) is 36.0 Å².